The number of hydrogen-bond donors (Lipinski definition) is 2. The largest absolute Gasteiger partial charge is 0.497 e. The third kappa shape index (κ3) is 4.77. The first-order valence-electron chi connectivity index (χ1n) is 11.3. The third-order valence-electron chi connectivity index (χ3n) is 7.16. The number of aromatic nitrogens is 2. The number of nitrogens with zero attached hydrogens (tertiary/aromatic N) is 2. The van der Waals surface area contributed by atoms with Crippen LogP contribution in [0.15, 0.2) is 9.59 Å². The Hall–Kier alpha value is -2.49. The summed E-state index contributed by atoms with van der Waals surface area (Å²) in [6.07, 6.45) is -16.9. The number of H-pyrrole nitrogens is 1. The van der Waals surface area contributed by atoms with Crippen LogP contribution in [0.2, 0.25) is 0 Å². The van der Waals surface area contributed by atoms with Gasteiger partial charge in [0, 0.05) is 24.2 Å². The van der Waals surface area contributed by atoms with E-state index in [1.54, 1.807) is 0 Å². The lowest BCUT2D eigenvalue weighted by Crippen LogP contribution is -2.63. The molecule has 0 radical (unpaired) electrons. The molecule has 0 bridgehead atoms. The molecule has 4 atom stereocenters. The molecular weight excluding hydrogens is 527 g/mol. The zero-order valence-electron chi connectivity index (χ0n) is 19.2. The Morgan fingerprint density at radius 1 is 1.05 bits per heavy atom. The molecule has 1 saturated heterocycles. The highest BCUT2D eigenvalue weighted by Crippen LogP contribution is 2.44. The van der Waals surface area contributed by atoms with Crippen LogP contribution in [0.1, 0.15) is 25.3 Å². The molecule has 4 unspecified atom stereocenters. The molecule has 2 aliphatic carbocycles. The molecule has 7 nitrogen and oxygen atoms in total. The lowest BCUT2D eigenvalue weighted by molar-refractivity contribution is -0.292. The number of nitrogens with two attached hydrogens (primary N) is 1. The number of aromatic amines is 1. The summed E-state index contributed by atoms with van der Waals surface area (Å²) < 4.78 is 129. The first kappa shape index (κ1) is 27.5. The number of rotatable bonds is 6. The Bertz CT molecular complexity index is 1270. The molecule has 0 spiro atoms. The third-order valence-corrected chi connectivity index (χ3v) is 7.16. The van der Waals surface area contributed by atoms with Crippen LogP contribution >= 0.6 is 0 Å². The van der Waals surface area contributed by atoms with E-state index in [-0.39, 0.29) is 24.1 Å². The fraction of sp³-hybridized carbons (Fsp3) is 0.714. The topological polar surface area (TPSA) is 93.3 Å². The van der Waals surface area contributed by atoms with Crippen LogP contribution < -0.4 is 27.6 Å². The molecule has 3 N–H and O–H groups in total. The van der Waals surface area contributed by atoms with E-state index < -0.39 is 83.5 Å². The second-order valence-electron chi connectivity index (χ2n) is 9.44. The van der Waals surface area contributed by atoms with Gasteiger partial charge in [-0.25, -0.2) is 18.0 Å². The average molecular weight is 550 g/mol. The van der Waals surface area contributed by atoms with Crippen LogP contribution in [0.4, 0.5) is 39.5 Å². The van der Waals surface area contributed by atoms with E-state index in [9.17, 15) is 44.7 Å². The Morgan fingerprint density at radius 2 is 1.65 bits per heavy atom. The average Bonchev–Trinajstić information content (AvgIpc) is 3.46. The highest BCUT2D eigenvalue weighted by atomic mass is 19.4. The molecule has 4 rings (SSSR count). The Kier molecular flexibility index (Phi) is 6.97. The predicted octanol–water partition coefficient (Wildman–Crippen LogP) is 1.15. The van der Waals surface area contributed by atoms with Crippen molar-refractivity contribution in [1.29, 1.82) is 0 Å². The van der Waals surface area contributed by atoms with E-state index in [2.05, 4.69) is 0 Å². The lowest BCUT2D eigenvalue weighted by Gasteiger charge is -2.36. The fourth-order valence-corrected chi connectivity index (χ4v) is 5.40. The van der Waals surface area contributed by atoms with Crippen LogP contribution in [-0.4, -0.2) is 71.7 Å². The molecule has 208 valence electrons. The number of nitrogens with one attached hydrogen (secondary N) is 1. The van der Waals surface area contributed by atoms with Crippen molar-refractivity contribution in [2.75, 3.05) is 20.2 Å². The van der Waals surface area contributed by atoms with Gasteiger partial charge in [-0.2, -0.15) is 26.3 Å². The number of methoxy groups -OCH3 is 1. The molecular formula is C21H23F9N4O3. The molecule has 1 saturated carbocycles. The standard InChI is InChI=1S/C21H23F9N4O3/c1-37-15-13-10(18(35)32-19(36)34(13)8-2-3-8)9(17(23)24)11(22)14(15)33-5-4-7(6-33)12(31)16(20(25,26)27)21(28,29)30/h7-8,11-12,14,16-17H,2-6,31H2,1H3,(H,32,35,36). The monoisotopic (exact) mass is 550 g/mol. The van der Waals surface area contributed by atoms with Gasteiger partial charge >= 0.3 is 18.0 Å². The van der Waals surface area contributed by atoms with E-state index in [1.807, 2.05) is 4.98 Å². The molecule has 1 aliphatic heterocycles. The SMILES string of the molecule is COC1=c2c(c(=O)[nH]c(=O)n2C2CC2)=C(C(F)F)C(F)C1N1CCC(C(N)C(C(F)(F)F)C(F)(F)F)C1. The van der Waals surface area contributed by atoms with Crippen LogP contribution in [0.5, 0.6) is 0 Å². The second-order valence-corrected chi connectivity index (χ2v) is 9.44. The molecule has 2 heterocycles. The Labute approximate surface area is 202 Å². The number of fused-ring (bicyclic) bond motifs is 1. The van der Waals surface area contributed by atoms with E-state index >= 15 is 4.39 Å². The van der Waals surface area contributed by atoms with Crippen LogP contribution in [-0.2, 0) is 4.74 Å². The number of ether oxygens (including phenoxy) is 1. The maximum absolute atomic E-state index is 15.7. The van der Waals surface area contributed by atoms with Gasteiger partial charge in [-0.1, -0.05) is 0 Å². The molecule has 2 fully saturated rings. The smallest absolute Gasteiger partial charge is 0.402 e. The second kappa shape index (κ2) is 9.36. The van der Waals surface area contributed by atoms with E-state index in [1.165, 1.54) is 0 Å². The van der Waals surface area contributed by atoms with E-state index in [0.717, 1.165) is 16.6 Å². The van der Waals surface area contributed by atoms with E-state index in [4.69, 9.17) is 10.5 Å². The van der Waals surface area contributed by atoms with Crippen molar-refractivity contribution in [3.8, 4) is 0 Å². The van der Waals surface area contributed by atoms with Crippen molar-refractivity contribution < 1.29 is 44.3 Å². The highest BCUT2D eigenvalue weighted by Gasteiger charge is 2.61. The van der Waals surface area contributed by atoms with Crippen molar-refractivity contribution in [3.63, 3.8) is 0 Å². The van der Waals surface area contributed by atoms with Gasteiger partial charge in [0.05, 0.1) is 17.7 Å². The zero-order chi connectivity index (χ0) is 27.6. The summed E-state index contributed by atoms with van der Waals surface area (Å²) in [6, 6.07) is -4.66. The number of hydrogen-bond acceptors (Lipinski definition) is 5. The van der Waals surface area contributed by atoms with Gasteiger partial charge in [-0.15, -0.1) is 0 Å². The van der Waals surface area contributed by atoms with Crippen molar-refractivity contribution >= 4 is 11.3 Å². The maximum Gasteiger partial charge on any atom is 0.402 e. The summed E-state index contributed by atoms with van der Waals surface area (Å²) in [5.74, 6) is -5.65. The normalized spacial score (nSPS) is 26.2. The summed E-state index contributed by atoms with van der Waals surface area (Å²) in [7, 11) is 1.04. The van der Waals surface area contributed by atoms with Gasteiger partial charge in [0.2, 0.25) is 0 Å². The maximum atomic E-state index is 15.7. The summed E-state index contributed by atoms with van der Waals surface area (Å²) in [6.45, 7) is -0.883. The summed E-state index contributed by atoms with van der Waals surface area (Å²) in [5.41, 5.74) is 1.99. The van der Waals surface area contributed by atoms with Crippen LogP contribution in [0.3, 0.4) is 0 Å². The molecule has 16 heteroatoms. The summed E-state index contributed by atoms with van der Waals surface area (Å²) in [5, 5.41) is -1.15. The first-order valence-corrected chi connectivity index (χ1v) is 11.3. The minimum atomic E-state index is -5.70. The summed E-state index contributed by atoms with van der Waals surface area (Å²) in [4.78, 5) is 28.1. The molecule has 0 aromatic carbocycles. The molecule has 37 heavy (non-hydrogen) atoms. The van der Waals surface area contributed by atoms with Crippen molar-refractivity contribution in [1.82, 2.24) is 14.5 Å². The highest BCUT2D eigenvalue weighted by molar-refractivity contribution is 5.63. The van der Waals surface area contributed by atoms with Crippen molar-refractivity contribution in [2.24, 2.45) is 17.6 Å². The Balaban J connectivity index is 1.82. The number of halogens is 9. The van der Waals surface area contributed by atoms with Crippen molar-refractivity contribution in [2.45, 2.75) is 62.3 Å². The predicted molar refractivity (Wildman–Crippen MR) is 111 cm³/mol. The van der Waals surface area contributed by atoms with Gasteiger partial charge in [0.25, 0.3) is 12.0 Å². The lowest BCUT2D eigenvalue weighted by atomic mass is 9.87. The van der Waals surface area contributed by atoms with Gasteiger partial charge in [0.15, 0.2) is 12.1 Å². The van der Waals surface area contributed by atoms with Gasteiger partial charge in [0.1, 0.15) is 11.8 Å². The molecule has 3 aliphatic rings. The van der Waals surface area contributed by atoms with Gasteiger partial charge < -0.3 is 10.5 Å². The van der Waals surface area contributed by atoms with Crippen LogP contribution in [0, 0.1) is 11.8 Å². The molecule has 1 aromatic heterocycles. The number of likely N-dealkylation sites (tertiary alicyclic amines) is 1. The molecule has 0 amide bonds. The van der Waals surface area contributed by atoms with Crippen molar-refractivity contribution in [3.05, 3.63) is 31.4 Å². The van der Waals surface area contributed by atoms with E-state index in [0.29, 0.717) is 12.8 Å². The quantitative estimate of drug-likeness (QED) is 0.519. The minimum Gasteiger partial charge on any atom is -0.497 e. The van der Waals surface area contributed by atoms with Gasteiger partial charge in [-0.05, 0) is 31.7 Å². The zero-order valence-corrected chi connectivity index (χ0v) is 19.2. The fourth-order valence-electron chi connectivity index (χ4n) is 5.40. The minimum absolute atomic E-state index is 0.290. The van der Waals surface area contributed by atoms with Gasteiger partial charge in [-0.3, -0.25) is 19.2 Å². The first-order chi connectivity index (χ1) is 17.1. The Morgan fingerprint density at radius 3 is 2.14 bits per heavy atom. The number of alkyl halides is 9. The van der Waals surface area contributed by atoms with Crippen LogP contribution in [0.25, 0.3) is 11.3 Å². The molecule has 1 aromatic rings. The summed E-state index contributed by atoms with van der Waals surface area (Å²) >= 11 is 0.